The van der Waals surface area contributed by atoms with Crippen molar-refractivity contribution in [3.8, 4) is 28.3 Å². The first-order valence-electron chi connectivity index (χ1n) is 10.8. The van der Waals surface area contributed by atoms with E-state index in [1.165, 1.54) is 0 Å². The number of aryl methyl sites for hydroxylation is 3. The Hall–Kier alpha value is -2.79. The Bertz CT molecular complexity index is 1410. The third-order valence-electron chi connectivity index (χ3n) is 5.72. The van der Waals surface area contributed by atoms with E-state index in [0.29, 0.717) is 32.1 Å². The zero-order valence-electron chi connectivity index (χ0n) is 19.2. The third kappa shape index (κ3) is 4.58. The van der Waals surface area contributed by atoms with Gasteiger partial charge in [-0.3, -0.25) is 4.57 Å². The summed E-state index contributed by atoms with van der Waals surface area (Å²) in [5.41, 5.74) is 6.32. The first-order chi connectivity index (χ1) is 16.2. The highest BCUT2D eigenvalue weighted by molar-refractivity contribution is 6.42. The van der Waals surface area contributed by atoms with Gasteiger partial charge < -0.3 is 4.74 Å². The molecule has 0 spiro atoms. The standard InChI is InChI=1S/C27H23Cl3N2O2/c1-5-34-27(33)24-25(18-9-11-21(29)22(30)13-18)32(23-14-20(28)10-7-16(23)3)26(31-24)19-8-6-15(2)17(4)12-19/h6-14H,5H2,1-4H3. The Morgan fingerprint density at radius 1 is 0.853 bits per heavy atom. The Balaban J connectivity index is 2.15. The fourth-order valence-electron chi connectivity index (χ4n) is 3.80. The van der Waals surface area contributed by atoms with Crippen molar-refractivity contribution < 1.29 is 9.53 Å². The molecule has 0 bridgehead atoms. The number of carbonyl (C=O) groups is 1. The molecule has 0 saturated heterocycles. The molecule has 0 radical (unpaired) electrons. The summed E-state index contributed by atoms with van der Waals surface area (Å²) in [5.74, 6) is 0.0738. The van der Waals surface area contributed by atoms with E-state index >= 15 is 0 Å². The molecule has 7 heteroatoms. The lowest BCUT2D eigenvalue weighted by Gasteiger charge is -2.17. The molecular weight excluding hydrogens is 491 g/mol. The predicted octanol–water partition coefficient (Wildman–Crippen LogP) is 8.27. The van der Waals surface area contributed by atoms with Gasteiger partial charge >= 0.3 is 5.97 Å². The minimum Gasteiger partial charge on any atom is -0.461 e. The molecule has 34 heavy (non-hydrogen) atoms. The molecule has 0 aliphatic heterocycles. The Morgan fingerprint density at radius 2 is 1.56 bits per heavy atom. The molecule has 0 atom stereocenters. The van der Waals surface area contributed by atoms with Crippen molar-refractivity contribution in [2.24, 2.45) is 0 Å². The van der Waals surface area contributed by atoms with Crippen molar-refractivity contribution in [1.29, 1.82) is 0 Å². The molecule has 4 nitrogen and oxygen atoms in total. The normalized spacial score (nSPS) is 11.0. The van der Waals surface area contributed by atoms with Crippen LogP contribution in [-0.4, -0.2) is 22.1 Å². The number of imidazole rings is 1. The summed E-state index contributed by atoms with van der Waals surface area (Å²) in [6.07, 6.45) is 0. The van der Waals surface area contributed by atoms with Crippen LogP contribution < -0.4 is 0 Å². The lowest BCUT2D eigenvalue weighted by molar-refractivity contribution is 0.0521. The summed E-state index contributed by atoms with van der Waals surface area (Å²) in [4.78, 5) is 17.9. The van der Waals surface area contributed by atoms with Crippen LogP contribution in [0.15, 0.2) is 54.6 Å². The maximum atomic E-state index is 13.1. The number of ether oxygens (including phenoxy) is 1. The van der Waals surface area contributed by atoms with Gasteiger partial charge in [0.1, 0.15) is 5.82 Å². The predicted molar refractivity (Wildman–Crippen MR) is 140 cm³/mol. The number of carbonyl (C=O) groups excluding carboxylic acids is 1. The number of esters is 1. The number of halogens is 3. The lowest BCUT2D eigenvalue weighted by Crippen LogP contribution is -2.08. The molecule has 1 heterocycles. The summed E-state index contributed by atoms with van der Waals surface area (Å²) in [6.45, 7) is 8.07. The highest BCUT2D eigenvalue weighted by Crippen LogP contribution is 2.38. The first kappa shape index (κ1) is 24.3. The molecule has 174 valence electrons. The largest absolute Gasteiger partial charge is 0.461 e. The van der Waals surface area contributed by atoms with Gasteiger partial charge in [0, 0.05) is 16.1 Å². The van der Waals surface area contributed by atoms with Gasteiger partial charge in [0.15, 0.2) is 5.69 Å². The van der Waals surface area contributed by atoms with E-state index in [1.807, 2.05) is 54.8 Å². The number of hydrogen-bond donors (Lipinski definition) is 0. The van der Waals surface area contributed by atoms with Crippen LogP contribution >= 0.6 is 34.8 Å². The second-order valence-corrected chi connectivity index (χ2v) is 9.30. The molecule has 0 aliphatic carbocycles. The molecule has 0 saturated carbocycles. The molecule has 0 N–H and O–H groups in total. The van der Waals surface area contributed by atoms with Gasteiger partial charge in [0.2, 0.25) is 0 Å². The Kier molecular flexibility index (Phi) is 7.04. The van der Waals surface area contributed by atoms with Crippen LogP contribution in [0.5, 0.6) is 0 Å². The third-order valence-corrected chi connectivity index (χ3v) is 6.69. The van der Waals surface area contributed by atoms with Crippen LogP contribution in [0.1, 0.15) is 34.1 Å². The van der Waals surface area contributed by atoms with Gasteiger partial charge in [-0.2, -0.15) is 0 Å². The van der Waals surface area contributed by atoms with E-state index < -0.39 is 5.97 Å². The minimum absolute atomic E-state index is 0.188. The summed E-state index contributed by atoms with van der Waals surface area (Å²) in [6, 6.07) is 17.0. The Morgan fingerprint density at radius 3 is 2.24 bits per heavy atom. The van der Waals surface area contributed by atoms with Gasteiger partial charge in [0.25, 0.3) is 0 Å². The van der Waals surface area contributed by atoms with E-state index in [0.717, 1.165) is 27.9 Å². The monoisotopic (exact) mass is 512 g/mol. The Labute approximate surface area is 214 Å². The van der Waals surface area contributed by atoms with Crippen LogP contribution in [0, 0.1) is 20.8 Å². The molecule has 4 aromatic rings. The van der Waals surface area contributed by atoms with Gasteiger partial charge in [-0.25, -0.2) is 9.78 Å². The van der Waals surface area contributed by atoms with Gasteiger partial charge in [-0.05, 0) is 74.7 Å². The van der Waals surface area contributed by atoms with Crippen LogP contribution in [-0.2, 0) is 4.74 Å². The summed E-state index contributed by atoms with van der Waals surface area (Å²) in [7, 11) is 0. The second-order valence-electron chi connectivity index (χ2n) is 8.05. The average Bonchev–Trinajstić information content (AvgIpc) is 3.20. The fraction of sp³-hybridized carbons (Fsp3) is 0.185. The highest BCUT2D eigenvalue weighted by atomic mass is 35.5. The maximum absolute atomic E-state index is 13.1. The van der Waals surface area contributed by atoms with E-state index in [-0.39, 0.29) is 12.3 Å². The van der Waals surface area contributed by atoms with Crippen LogP contribution in [0.3, 0.4) is 0 Å². The molecule has 0 fully saturated rings. The smallest absolute Gasteiger partial charge is 0.359 e. The summed E-state index contributed by atoms with van der Waals surface area (Å²) >= 11 is 19.0. The van der Waals surface area contributed by atoms with Crippen LogP contribution in [0.4, 0.5) is 0 Å². The van der Waals surface area contributed by atoms with Gasteiger partial charge in [-0.1, -0.05) is 59.1 Å². The van der Waals surface area contributed by atoms with E-state index in [9.17, 15) is 4.79 Å². The van der Waals surface area contributed by atoms with E-state index in [1.54, 1.807) is 19.1 Å². The second kappa shape index (κ2) is 9.83. The first-order valence-corrected chi connectivity index (χ1v) is 11.9. The van der Waals surface area contributed by atoms with Crippen molar-refractivity contribution in [3.63, 3.8) is 0 Å². The molecular formula is C27H23Cl3N2O2. The van der Waals surface area contributed by atoms with Crippen molar-refractivity contribution in [2.75, 3.05) is 6.61 Å². The summed E-state index contributed by atoms with van der Waals surface area (Å²) in [5, 5.41) is 1.36. The topological polar surface area (TPSA) is 44.1 Å². The highest BCUT2D eigenvalue weighted by Gasteiger charge is 2.27. The molecule has 1 aromatic heterocycles. The van der Waals surface area contributed by atoms with Crippen LogP contribution in [0.2, 0.25) is 15.1 Å². The maximum Gasteiger partial charge on any atom is 0.359 e. The van der Waals surface area contributed by atoms with Crippen molar-refractivity contribution in [3.05, 3.63) is 92.0 Å². The van der Waals surface area contributed by atoms with Crippen molar-refractivity contribution in [2.45, 2.75) is 27.7 Å². The number of aromatic nitrogens is 2. The van der Waals surface area contributed by atoms with Crippen LogP contribution in [0.25, 0.3) is 28.3 Å². The van der Waals surface area contributed by atoms with Gasteiger partial charge in [0.05, 0.1) is 28.0 Å². The lowest BCUT2D eigenvalue weighted by atomic mass is 10.1. The van der Waals surface area contributed by atoms with Gasteiger partial charge in [-0.15, -0.1) is 0 Å². The number of benzene rings is 3. The zero-order valence-corrected chi connectivity index (χ0v) is 21.5. The number of nitrogens with zero attached hydrogens (tertiary/aromatic N) is 2. The SMILES string of the molecule is CCOC(=O)c1nc(-c2ccc(C)c(C)c2)n(-c2cc(Cl)ccc2C)c1-c1ccc(Cl)c(Cl)c1. The van der Waals surface area contributed by atoms with Crippen molar-refractivity contribution in [1.82, 2.24) is 9.55 Å². The minimum atomic E-state index is -0.521. The fourth-order valence-corrected chi connectivity index (χ4v) is 4.27. The van der Waals surface area contributed by atoms with Crippen molar-refractivity contribution >= 4 is 40.8 Å². The average molecular weight is 514 g/mol. The number of rotatable bonds is 5. The van der Waals surface area contributed by atoms with E-state index in [2.05, 4.69) is 13.0 Å². The summed E-state index contributed by atoms with van der Waals surface area (Å²) < 4.78 is 7.32. The molecule has 3 aromatic carbocycles. The molecule has 0 aliphatic rings. The number of hydrogen-bond acceptors (Lipinski definition) is 3. The molecule has 4 rings (SSSR count). The molecule has 0 amide bonds. The molecule has 0 unspecified atom stereocenters. The van der Waals surface area contributed by atoms with E-state index in [4.69, 9.17) is 44.5 Å². The quantitative estimate of drug-likeness (QED) is 0.252. The zero-order chi connectivity index (χ0) is 24.6.